The van der Waals surface area contributed by atoms with E-state index in [-0.39, 0.29) is 10.8 Å². The van der Waals surface area contributed by atoms with Gasteiger partial charge in [0, 0.05) is 76.7 Å². The summed E-state index contributed by atoms with van der Waals surface area (Å²) < 4.78 is 7.22. The average Bonchev–Trinajstić information content (AvgIpc) is 1.59. The Morgan fingerprint density at radius 1 is 0.227 bits per heavy atom. The van der Waals surface area contributed by atoms with Gasteiger partial charge < -0.3 is 13.7 Å². The fraction of sp³-hybridized carbons (Fsp3) is 0.0652. The molecule has 0 aliphatic heterocycles. The molecule has 4 heterocycles. The van der Waals surface area contributed by atoms with E-state index in [1.165, 1.54) is 121 Å². The molecule has 0 unspecified atom stereocenters. The lowest BCUT2D eigenvalue weighted by molar-refractivity contribution is 0.660. The summed E-state index contributed by atoms with van der Waals surface area (Å²) in [4.78, 5) is 11.0. The highest BCUT2D eigenvalue weighted by Crippen LogP contribution is 2.52. The van der Waals surface area contributed by atoms with Gasteiger partial charge in [-0.3, -0.25) is 0 Å². The van der Waals surface area contributed by atoms with Crippen LogP contribution < -0.4 is 0 Å². The predicted octanol–water partition coefficient (Wildman–Crippen LogP) is 23.9. The monoisotopic (exact) mass is 1240 g/mol. The molecule has 4 aromatic heterocycles. The first kappa shape index (κ1) is 55.3. The SMILES string of the molecule is CC1(C)c2ccccc2-c2ccc(-c3ccc4c5ccccc5n(-c5ccc(-c6ccc7nc(-c8ccc(-n9c%10ccccc%10c%10ccccc%109)cc8)nc(-c8ccc(-n9c%10ccccc%10c%10ccc(-c%11ccc%12c(c%11)C(C)(C)c%11ccccc%11-%12)cc%109)cc8)c7c6)cc5)c4c3)cc21. The Kier molecular flexibility index (Phi) is 11.8. The van der Waals surface area contributed by atoms with E-state index in [0.29, 0.717) is 5.82 Å². The second kappa shape index (κ2) is 20.7. The maximum atomic E-state index is 5.59. The summed E-state index contributed by atoms with van der Waals surface area (Å²) in [5.74, 6) is 0.672. The molecule has 2 aliphatic carbocycles. The van der Waals surface area contributed by atoms with E-state index in [9.17, 15) is 0 Å². The van der Waals surface area contributed by atoms with Crippen LogP contribution in [-0.2, 0) is 10.8 Å². The van der Waals surface area contributed by atoms with Crippen LogP contribution in [0.3, 0.4) is 0 Å². The second-order valence-corrected chi connectivity index (χ2v) is 27.7. The van der Waals surface area contributed by atoms with Crippen molar-refractivity contribution in [3.05, 3.63) is 332 Å². The van der Waals surface area contributed by atoms with Crippen molar-refractivity contribution < 1.29 is 0 Å². The average molecular weight is 1240 g/mol. The molecule has 14 aromatic carbocycles. The Morgan fingerprint density at radius 2 is 0.557 bits per heavy atom. The summed E-state index contributed by atoms with van der Waals surface area (Å²) in [7, 11) is 0. The Bertz CT molecular complexity index is 6300. The first-order valence-corrected chi connectivity index (χ1v) is 33.8. The first-order valence-electron chi connectivity index (χ1n) is 33.8. The van der Waals surface area contributed by atoms with Crippen molar-refractivity contribution in [2.45, 2.75) is 38.5 Å². The van der Waals surface area contributed by atoms with Crippen LogP contribution in [0.5, 0.6) is 0 Å². The van der Waals surface area contributed by atoms with Gasteiger partial charge in [-0.25, -0.2) is 9.97 Å². The van der Waals surface area contributed by atoms with Gasteiger partial charge in [-0.15, -0.1) is 0 Å². The molecule has 0 saturated heterocycles. The summed E-state index contributed by atoms with van der Waals surface area (Å²) >= 11 is 0. The van der Waals surface area contributed by atoms with E-state index in [1.807, 2.05) is 0 Å². The van der Waals surface area contributed by atoms with Crippen LogP contribution in [0.1, 0.15) is 49.9 Å². The highest BCUT2D eigenvalue weighted by atomic mass is 15.0. The molecule has 5 nitrogen and oxygen atoms in total. The van der Waals surface area contributed by atoms with Gasteiger partial charge in [0.25, 0.3) is 0 Å². The van der Waals surface area contributed by atoms with Crippen LogP contribution in [0, 0.1) is 0 Å². The van der Waals surface area contributed by atoms with E-state index in [2.05, 4.69) is 351 Å². The minimum absolute atomic E-state index is 0.0841. The lowest BCUT2D eigenvalue weighted by atomic mass is 9.81. The Morgan fingerprint density at radius 3 is 1.02 bits per heavy atom. The third-order valence-corrected chi connectivity index (χ3v) is 21.7. The van der Waals surface area contributed by atoms with E-state index in [1.54, 1.807) is 0 Å². The molecule has 0 bridgehead atoms. The smallest absolute Gasteiger partial charge is 0.160 e. The van der Waals surface area contributed by atoms with Crippen molar-refractivity contribution in [2.75, 3.05) is 0 Å². The number of para-hydroxylation sites is 4. The fourth-order valence-corrected chi connectivity index (χ4v) is 16.8. The highest BCUT2D eigenvalue weighted by Gasteiger charge is 2.37. The molecule has 18 aromatic rings. The molecular weight excluding hydrogens is 1180 g/mol. The van der Waals surface area contributed by atoms with Crippen molar-refractivity contribution in [1.82, 2.24) is 23.7 Å². The number of hydrogen-bond donors (Lipinski definition) is 0. The van der Waals surface area contributed by atoms with Crippen LogP contribution in [0.4, 0.5) is 0 Å². The molecule has 0 fully saturated rings. The van der Waals surface area contributed by atoms with Crippen LogP contribution in [0.15, 0.2) is 309 Å². The maximum Gasteiger partial charge on any atom is 0.160 e. The number of aromatic nitrogens is 5. The number of nitrogens with zero attached hydrogens (tertiary/aromatic N) is 5. The third-order valence-electron chi connectivity index (χ3n) is 21.7. The summed E-state index contributed by atoms with van der Waals surface area (Å²) in [6, 6.07) is 114. The van der Waals surface area contributed by atoms with Gasteiger partial charge in [-0.1, -0.05) is 228 Å². The molecular formula is C92H63N5. The van der Waals surface area contributed by atoms with Crippen molar-refractivity contribution in [3.63, 3.8) is 0 Å². The van der Waals surface area contributed by atoms with Crippen LogP contribution in [-0.4, -0.2) is 23.7 Å². The first-order chi connectivity index (χ1) is 47.6. The molecule has 0 saturated carbocycles. The second-order valence-electron chi connectivity index (χ2n) is 27.7. The zero-order chi connectivity index (χ0) is 64.4. The van der Waals surface area contributed by atoms with Crippen molar-refractivity contribution in [3.8, 4) is 95.3 Å². The highest BCUT2D eigenvalue weighted by molar-refractivity contribution is 6.13. The molecule has 20 rings (SSSR count). The number of hydrogen-bond acceptors (Lipinski definition) is 2. The normalized spacial score (nSPS) is 13.5. The standard InChI is InChI=1S/C92H63N5/c1-91(2)78-23-11-5-17-67(78)69-46-35-60(52-80(69)91)62-37-48-75-73-21-9-15-27-85(73)96(87(75)54-62)65-40-29-56(30-41-65)59-39-50-82-77(51-59)89(94-90(93-82)58-33-44-64(45-34-58)95-83-25-13-7-19-71(83)72-20-8-14-26-84(72)95)57-31-42-66(43-32-57)97-86-28-16-10-22-74(86)76-49-38-63(55-88(76)97)61-36-47-70-68-18-6-12-24-79(68)92(3,4)81(70)53-61/h5-55H,1-4H3. The molecule has 0 amide bonds. The molecule has 5 heteroatoms. The Labute approximate surface area is 562 Å². The van der Waals surface area contributed by atoms with Gasteiger partial charge in [0.2, 0.25) is 0 Å². The van der Waals surface area contributed by atoms with Crippen LogP contribution in [0.2, 0.25) is 0 Å². The summed E-state index contributed by atoms with van der Waals surface area (Å²) in [6.45, 7) is 9.43. The van der Waals surface area contributed by atoms with E-state index >= 15 is 0 Å². The molecule has 0 N–H and O–H groups in total. The number of benzene rings is 14. The van der Waals surface area contributed by atoms with Crippen LogP contribution >= 0.6 is 0 Å². The maximum absolute atomic E-state index is 5.59. The largest absolute Gasteiger partial charge is 0.309 e. The van der Waals surface area contributed by atoms with Gasteiger partial charge in [0.15, 0.2) is 5.82 Å². The topological polar surface area (TPSA) is 40.6 Å². The van der Waals surface area contributed by atoms with Crippen molar-refractivity contribution in [1.29, 1.82) is 0 Å². The fourth-order valence-electron chi connectivity index (χ4n) is 16.8. The Balaban J connectivity index is 0.693. The summed E-state index contributed by atoms with van der Waals surface area (Å²) in [5.41, 5.74) is 31.7. The van der Waals surface area contributed by atoms with E-state index in [4.69, 9.17) is 9.97 Å². The van der Waals surface area contributed by atoms with Gasteiger partial charge in [-0.2, -0.15) is 0 Å². The summed E-state index contributed by atoms with van der Waals surface area (Å²) in [6.07, 6.45) is 0. The number of rotatable bonds is 8. The number of fused-ring (bicyclic) bond motifs is 16. The molecule has 2 aliphatic rings. The quantitative estimate of drug-likeness (QED) is 0.152. The van der Waals surface area contributed by atoms with Crippen LogP contribution in [0.25, 0.3) is 172 Å². The Hall–Kier alpha value is -12.2. The zero-order valence-corrected chi connectivity index (χ0v) is 54.2. The van der Waals surface area contributed by atoms with E-state index in [0.717, 1.165) is 66.9 Å². The molecule has 456 valence electrons. The molecule has 0 spiro atoms. The molecule has 97 heavy (non-hydrogen) atoms. The third kappa shape index (κ3) is 8.25. The van der Waals surface area contributed by atoms with Crippen molar-refractivity contribution >= 4 is 76.3 Å². The van der Waals surface area contributed by atoms with Crippen molar-refractivity contribution in [2.24, 2.45) is 0 Å². The van der Waals surface area contributed by atoms with Gasteiger partial charge in [-0.05, 0) is 187 Å². The minimum atomic E-state index is -0.0939. The molecule has 0 atom stereocenters. The predicted molar refractivity (Wildman–Crippen MR) is 405 cm³/mol. The minimum Gasteiger partial charge on any atom is -0.309 e. The lowest BCUT2D eigenvalue weighted by Crippen LogP contribution is -2.14. The van der Waals surface area contributed by atoms with Gasteiger partial charge in [0.1, 0.15) is 0 Å². The van der Waals surface area contributed by atoms with Gasteiger partial charge >= 0.3 is 0 Å². The van der Waals surface area contributed by atoms with E-state index < -0.39 is 0 Å². The summed E-state index contributed by atoms with van der Waals surface area (Å²) in [5, 5.41) is 8.37. The molecule has 0 radical (unpaired) electrons. The van der Waals surface area contributed by atoms with Gasteiger partial charge in [0.05, 0.1) is 44.3 Å². The lowest BCUT2D eigenvalue weighted by Gasteiger charge is -2.22. The zero-order valence-electron chi connectivity index (χ0n) is 54.2.